The first-order valence-corrected chi connectivity index (χ1v) is 6.88. The summed E-state index contributed by atoms with van der Waals surface area (Å²) in [5.74, 6) is -0.348. The van der Waals surface area contributed by atoms with E-state index in [1.54, 1.807) is 17.4 Å². The SMILES string of the molecule is CCc1ccsc1CNCc1ccc(N)c(F)c1. The first-order valence-electron chi connectivity index (χ1n) is 6.00. The molecular formula is C14H17FN2S. The summed E-state index contributed by atoms with van der Waals surface area (Å²) < 4.78 is 13.2. The Kier molecular flexibility index (Phi) is 4.33. The monoisotopic (exact) mass is 264 g/mol. The standard InChI is InChI=1S/C14H17FN2S/c1-2-11-5-6-18-14(11)9-17-8-10-3-4-13(16)12(15)7-10/h3-7,17H,2,8-9,16H2,1H3. The lowest BCUT2D eigenvalue weighted by molar-refractivity contribution is 0.625. The van der Waals surface area contributed by atoms with E-state index in [0.717, 1.165) is 18.5 Å². The lowest BCUT2D eigenvalue weighted by atomic mass is 10.2. The van der Waals surface area contributed by atoms with Crippen LogP contribution in [0.2, 0.25) is 0 Å². The van der Waals surface area contributed by atoms with E-state index < -0.39 is 0 Å². The van der Waals surface area contributed by atoms with E-state index >= 15 is 0 Å². The van der Waals surface area contributed by atoms with Gasteiger partial charge in [-0.05, 0) is 41.1 Å². The molecule has 0 bridgehead atoms. The van der Waals surface area contributed by atoms with Gasteiger partial charge in [-0.2, -0.15) is 0 Å². The first-order chi connectivity index (χ1) is 8.70. The van der Waals surface area contributed by atoms with E-state index in [1.807, 2.05) is 6.07 Å². The average molecular weight is 264 g/mol. The average Bonchev–Trinajstić information content (AvgIpc) is 2.81. The van der Waals surface area contributed by atoms with Crippen LogP contribution in [0, 0.1) is 5.82 Å². The maximum absolute atomic E-state index is 13.2. The molecule has 0 spiro atoms. The molecule has 0 aliphatic carbocycles. The Morgan fingerprint density at radius 2 is 2.11 bits per heavy atom. The van der Waals surface area contributed by atoms with Crippen molar-refractivity contribution < 1.29 is 4.39 Å². The first kappa shape index (κ1) is 13.1. The molecule has 2 nitrogen and oxygen atoms in total. The van der Waals surface area contributed by atoms with Crippen molar-refractivity contribution in [3.8, 4) is 0 Å². The summed E-state index contributed by atoms with van der Waals surface area (Å²) in [6.45, 7) is 3.63. The van der Waals surface area contributed by atoms with Crippen molar-refractivity contribution in [1.82, 2.24) is 5.32 Å². The molecule has 3 N–H and O–H groups in total. The number of anilines is 1. The Morgan fingerprint density at radius 1 is 1.28 bits per heavy atom. The van der Waals surface area contributed by atoms with Crippen molar-refractivity contribution in [3.63, 3.8) is 0 Å². The number of benzene rings is 1. The molecule has 0 radical (unpaired) electrons. The van der Waals surface area contributed by atoms with Gasteiger partial charge in [-0.1, -0.05) is 13.0 Å². The lowest BCUT2D eigenvalue weighted by Gasteiger charge is -2.06. The lowest BCUT2D eigenvalue weighted by Crippen LogP contribution is -2.13. The Balaban J connectivity index is 1.90. The Bertz CT molecular complexity index is 522. The van der Waals surface area contributed by atoms with Crippen LogP contribution in [0.5, 0.6) is 0 Å². The fourth-order valence-electron chi connectivity index (χ4n) is 1.84. The second kappa shape index (κ2) is 5.98. The molecule has 0 saturated carbocycles. The normalized spacial score (nSPS) is 10.8. The van der Waals surface area contributed by atoms with E-state index in [9.17, 15) is 4.39 Å². The van der Waals surface area contributed by atoms with Crippen LogP contribution < -0.4 is 11.1 Å². The Morgan fingerprint density at radius 3 is 2.83 bits per heavy atom. The number of nitrogens with one attached hydrogen (secondary N) is 1. The minimum absolute atomic E-state index is 0.199. The molecule has 0 atom stereocenters. The van der Waals surface area contributed by atoms with E-state index in [2.05, 4.69) is 23.7 Å². The molecule has 18 heavy (non-hydrogen) atoms. The maximum atomic E-state index is 13.2. The summed E-state index contributed by atoms with van der Waals surface area (Å²) >= 11 is 1.76. The molecule has 0 saturated heterocycles. The summed E-state index contributed by atoms with van der Waals surface area (Å²) in [6, 6.07) is 7.09. The fraction of sp³-hybridized carbons (Fsp3) is 0.286. The third kappa shape index (κ3) is 3.09. The van der Waals surface area contributed by atoms with Crippen molar-refractivity contribution in [3.05, 3.63) is 51.5 Å². The fourth-order valence-corrected chi connectivity index (χ4v) is 2.78. The summed E-state index contributed by atoms with van der Waals surface area (Å²) in [7, 11) is 0. The van der Waals surface area contributed by atoms with Gasteiger partial charge in [0.15, 0.2) is 0 Å². The zero-order valence-corrected chi connectivity index (χ0v) is 11.2. The van der Waals surface area contributed by atoms with Crippen LogP contribution in [-0.4, -0.2) is 0 Å². The Labute approximate surface area is 111 Å². The molecule has 2 rings (SSSR count). The highest BCUT2D eigenvalue weighted by molar-refractivity contribution is 7.10. The van der Waals surface area contributed by atoms with E-state index in [-0.39, 0.29) is 11.5 Å². The van der Waals surface area contributed by atoms with Gasteiger partial charge in [-0.25, -0.2) is 4.39 Å². The third-order valence-corrected chi connectivity index (χ3v) is 3.86. The number of thiophene rings is 1. The van der Waals surface area contributed by atoms with Crippen LogP contribution in [0.25, 0.3) is 0 Å². The smallest absolute Gasteiger partial charge is 0.146 e. The summed E-state index contributed by atoms with van der Waals surface area (Å²) in [5.41, 5.74) is 7.94. The number of aryl methyl sites for hydroxylation is 1. The summed E-state index contributed by atoms with van der Waals surface area (Å²) in [6.07, 6.45) is 1.05. The number of nitrogens with two attached hydrogens (primary N) is 1. The van der Waals surface area contributed by atoms with Crippen LogP contribution in [0.3, 0.4) is 0 Å². The van der Waals surface area contributed by atoms with Crippen LogP contribution in [0.15, 0.2) is 29.6 Å². The molecule has 0 unspecified atom stereocenters. The largest absolute Gasteiger partial charge is 0.396 e. The van der Waals surface area contributed by atoms with Gasteiger partial charge in [0.25, 0.3) is 0 Å². The van der Waals surface area contributed by atoms with Crippen molar-refractivity contribution in [2.24, 2.45) is 0 Å². The molecule has 96 valence electrons. The second-order valence-electron chi connectivity index (χ2n) is 4.18. The van der Waals surface area contributed by atoms with Gasteiger partial charge in [0.2, 0.25) is 0 Å². The zero-order valence-electron chi connectivity index (χ0n) is 10.4. The molecule has 1 aromatic heterocycles. The van der Waals surface area contributed by atoms with Crippen LogP contribution >= 0.6 is 11.3 Å². The van der Waals surface area contributed by atoms with Gasteiger partial charge in [-0.15, -0.1) is 11.3 Å². The predicted octanol–water partition coefficient (Wildman–Crippen LogP) is 3.32. The molecule has 1 heterocycles. The third-order valence-electron chi connectivity index (χ3n) is 2.90. The quantitative estimate of drug-likeness (QED) is 0.813. The van der Waals surface area contributed by atoms with Crippen molar-refractivity contribution >= 4 is 17.0 Å². The maximum Gasteiger partial charge on any atom is 0.146 e. The molecule has 0 fully saturated rings. The van der Waals surface area contributed by atoms with Gasteiger partial charge in [0.05, 0.1) is 5.69 Å². The number of hydrogen-bond donors (Lipinski definition) is 2. The molecule has 1 aromatic carbocycles. The highest BCUT2D eigenvalue weighted by Crippen LogP contribution is 2.17. The highest BCUT2D eigenvalue weighted by atomic mass is 32.1. The van der Waals surface area contributed by atoms with Crippen LogP contribution in [0.4, 0.5) is 10.1 Å². The topological polar surface area (TPSA) is 38.0 Å². The minimum atomic E-state index is -0.348. The number of rotatable bonds is 5. The predicted molar refractivity (Wildman–Crippen MR) is 75.1 cm³/mol. The van der Waals surface area contributed by atoms with Crippen LogP contribution in [0.1, 0.15) is 22.9 Å². The van der Waals surface area contributed by atoms with Gasteiger partial charge >= 0.3 is 0 Å². The number of hydrogen-bond acceptors (Lipinski definition) is 3. The number of halogens is 1. The van der Waals surface area contributed by atoms with Crippen molar-refractivity contribution in [2.45, 2.75) is 26.4 Å². The van der Waals surface area contributed by atoms with Gasteiger partial charge in [0, 0.05) is 18.0 Å². The molecular weight excluding hydrogens is 247 g/mol. The van der Waals surface area contributed by atoms with E-state index in [4.69, 9.17) is 5.73 Å². The van der Waals surface area contributed by atoms with Crippen molar-refractivity contribution in [1.29, 1.82) is 0 Å². The molecule has 2 aromatic rings. The van der Waals surface area contributed by atoms with E-state index in [0.29, 0.717) is 6.54 Å². The molecule has 4 heteroatoms. The van der Waals surface area contributed by atoms with Crippen molar-refractivity contribution in [2.75, 3.05) is 5.73 Å². The van der Waals surface area contributed by atoms with Gasteiger partial charge in [-0.3, -0.25) is 0 Å². The minimum Gasteiger partial charge on any atom is -0.396 e. The molecule has 0 aliphatic heterocycles. The van der Waals surface area contributed by atoms with Gasteiger partial charge in [0.1, 0.15) is 5.82 Å². The Hall–Kier alpha value is -1.39. The second-order valence-corrected chi connectivity index (χ2v) is 5.18. The van der Waals surface area contributed by atoms with Crippen LogP contribution in [-0.2, 0) is 19.5 Å². The van der Waals surface area contributed by atoms with Gasteiger partial charge < -0.3 is 11.1 Å². The van der Waals surface area contributed by atoms with E-state index in [1.165, 1.54) is 16.5 Å². The molecule has 0 aliphatic rings. The zero-order chi connectivity index (χ0) is 13.0. The summed E-state index contributed by atoms with van der Waals surface area (Å²) in [5, 5.41) is 5.44. The highest BCUT2D eigenvalue weighted by Gasteiger charge is 2.03. The number of nitrogen functional groups attached to an aromatic ring is 1. The summed E-state index contributed by atoms with van der Waals surface area (Å²) in [4.78, 5) is 1.36. The molecule has 0 amide bonds.